The lowest BCUT2D eigenvalue weighted by Crippen LogP contribution is -2.50. The van der Waals surface area contributed by atoms with Crippen LogP contribution in [0.3, 0.4) is 0 Å². The SMILES string of the molecule is CC(C)CC(N)C(=O)OC(C)C(O)C1CNc2nc(N)[nH]c(=O)c2N1.Cl.Cl. The standard InChI is InChI=1S/C15H26N6O4.2ClH/c1-6(2)4-8(16)14(24)25-7(3)11(22)9-5-18-12-10(19-9)13(23)21-15(17)20-12;;/h6-9,11,19,22H,4-5,16H2,1-3H3,(H4,17,18,20,21,23);2*1H. The van der Waals surface area contributed by atoms with E-state index in [-0.39, 0.29) is 48.9 Å². The number of aromatic nitrogens is 2. The van der Waals surface area contributed by atoms with Gasteiger partial charge in [0.25, 0.3) is 5.56 Å². The molecule has 0 aliphatic carbocycles. The zero-order chi connectivity index (χ0) is 18.7. The van der Waals surface area contributed by atoms with Gasteiger partial charge in [-0.1, -0.05) is 13.8 Å². The Bertz CT molecular complexity index is 687. The van der Waals surface area contributed by atoms with Crippen molar-refractivity contribution in [2.24, 2.45) is 11.7 Å². The number of fused-ring (bicyclic) bond motifs is 1. The number of nitrogens with two attached hydrogens (primary N) is 2. The number of carbonyl (C=O) groups is 1. The average molecular weight is 427 g/mol. The predicted octanol–water partition coefficient (Wildman–Crippen LogP) is 0.0677. The van der Waals surface area contributed by atoms with Gasteiger partial charge in [0.2, 0.25) is 5.95 Å². The fraction of sp³-hybridized carbons (Fsp3) is 0.667. The molecule has 0 saturated carbocycles. The minimum absolute atomic E-state index is 0. The smallest absolute Gasteiger partial charge is 0.323 e. The summed E-state index contributed by atoms with van der Waals surface area (Å²) in [7, 11) is 0. The third-order valence-electron chi connectivity index (χ3n) is 3.98. The predicted molar refractivity (Wildman–Crippen MR) is 109 cm³/mol. The molecule has 1 aliphatic rings. The Kier molecular flexibility index (Phi) is 9.87. The number of carbonyl (C=O) groups excluding carboxylic acids is 1. The monoisotopic (exact) mass is 426 g/mol. The van der Waals surface area contributed by atoms with Crippen molar-refractivity contribution < 1.29 is 14.6 Å². The second-order valence-electron chi connectivity index (χ2n) is 6.68. The Balaban J connectivity index is 0.00000338. The molecule has 4 atom stereocenters. The molecule has 4 unspecified atom stereocenters. The fourth-order valence-corrected chi connectivity index (χ4v) is 2.67. The number of halogens is 2. The molecule has 8 N–H and O–H groups in total. The minimum atomic E-state index is -1.05. The van der Waals surface area contributed by atoms with Crippen LogP contribution in [0.5, 0.6) is 0 Å². The molecule has 156 valence electrons. The Labute approximate surface area is 169 Å². The van der Waals surface area contributed by atoms with Crippen molar-refractivity contribution in [2.45, 2.75) is 51.5 Å². The van der Waals surface area contributed by atoms with Gasteiger partial charge in [0.15, 0.2) is 5.82 Å². The van der Waals surface area contributed by atoms with Crippen molar-refractivity contribution in [3.8, 4) is 0 Å². The third kappa shape index (κ3) is 6.42. The van der Waals surface area contributed by atoms with Gasteiger partial charge < -0.3 is 31.9 Å². The second kappa shape index (κ2) is 10.5. The van der Waals surface area contributed by atoms with E-state index in [4.69, 9.17) is 16.2 Å². The Morgan fingerprint density at radius 1 is 1.37 bits per heavy atom. The summed E-state index contributed by atoms with van der Waals surface area (Å²) in [5.74, 6) is 0.0126. The van der Waals surface area contributed by atoms with Crippen LogP contribution >= 0.6 is 24.8 Å². The van der Waals surface area contributed by atoms with Crippen LogP contribution < -0.4 is 27.7 Å². The van der Waals surface area contributed by atoms with Gasteiger partial charge in [0, 0.05) is 6.54 Å². The van der Waals surface area contributed by atoms with Gasteiger partial charge in [0.05, 0.1) is 6.04 Å². The minimum Gasteiger partial charge on any atom is -0.459 e. The van der Waals surface area contributed by atoms with Crippen LogP contribution in [0.1, 0.15) is 27.2 Å². The van der Waals surface area contributed by atoms with E-state index in [1.165, 1.54) is 0 Å². The number of nitrogen functional groups attached to an aromatic ring is 1. The fourth-order valence-electron chi connectivity index (χ4n) is 2.67. The van der Waals surface area contributed by atoms with Crippen molar-refractivity contribution >= 4 is 48.2 Å². The first-order valence-electron chi connectivity index (χ1n) is 8.23. The number of anilines is 3. The number of ether oxygens (including phenoxy) is 1. The highest BCUT2D eigenvalue weighted by molar-refractivity contribution is 5.85. The first-order chi connectivity index (χ1) is 11.7. The van der Waals surface area contributed by atoms with Gasteiger partial charge in [0.1, 0.15) is 23.9 Å². The summed E-state index contributed by atoms with van der Waals surface area (Å²) in [5.41, 5.74) is 11.0. The lowest BCUT2D eigenvalue weighted by Gasteiger charge is -2.33. The Morgan fingerprint density at radius 3 is 2.59 bits per heavy atom. The number of aromatic amines is 1. The van der Waals surface area contributed by atoms with Gasteiger partial charge in [-0.2, -0.15) is 4.98 Å². The van der Waals surface area contributed by atoms with Gasteiger partial charge in [-0.3, -0.25) is 14.6 Å². The van der Waals surface area contributed by atoms with Crippen LogP contribution in [0.4, 0.5) is 17.5 Å². The molecule has 2 heterocycles. The number of H-pyrrole nitrogens is 1. The lowest BCUT2D eigenvalue weighted by molar-refractivity contribution is -0.156. The number of esters is 1. The molecule has 27 heavy (non-hydrogen) atoms. The molecule has 0 fully saturated rings. The maximum absolute atomic E-state index is 12.0. The summed E-state index contributed by atoms with van der Waals surface area (Å²) in [5, 5.41) is 16.3. The molecule has 1 aromatic heterocycles. The van der Waals surface area contributed by atoms with E-state index in [0.717, 1.165) is 0 Å². The molecule has 10 nitrogen and oxygen atoms in total. The highest BCUT2D eigenvalue weighted by Gasteiger charge is 2.32. The van der Waals surface area contributed by atoms with Crippen LogP contribution in [0.15, 0.2) is 4.79 Å². The van der Waals surface area contributed by atoms with Gasteiger partial charge in [-0.25, -0.2) is 0 Å². The number of nitrogens with one attached hydrogen (secondary N) is 3. The summed E-state index contributed by atoms with van der Waals surface area (Å²) in [6.07, 6.45) is -1.35. The topological polar surface area (TPSA) is 168 Å². The quantitative estimate of drug-likeness (QED) is 0.344. The molecule has 0 aromatic carbocycles. The summed E-state index contributed by atoms with van der Waals surface area (Å²) >= 11 is 0. The van der Waals surface area contributed by atoms with E-state index in [9.17, 15) is 14.7 Å². The molecule has 0 bridgehead atoms. The zero-order valence-corrected chi connectivity index (χ0v) is 17.0. The summed E-state index contributed by atoms with van der Waals surface area (Å²) in [4.78, 5) is 30.3. The van der Waals surface area contributed by atoms with Gasteiger partial charge in [-0.05, 0) is 19.3 Å². The number of nitrogens with zero attached hydrogens (tertiary/aromatic N) is 1. The van der Waals surface area contributed by atoms with Crippen LogP contribution in [-0.4, -0.2) is 51.9 Å². The number of aliphatic hydroxyl groups excluding tert-OH is 1. The largest absolute Gasteiger partial charge is 0.459 e. The molecule has 12 heteroatoms. The highest BCUT2D eigenvalue weighted by atomic mass is 35.5. The van der Waals surface area contributed by atoms with Crippen molar-refractivity contribution in [2.75, 3.05) is 22.9 Å². The summed E-state index contributed by atoms with van der Waals surface area (Å²) in [6.45, 7) is 5.77. The third-order valence-corrected chi connectivity index (χ3v) is 3.98. The number of hydrogen-bond donors (Lipinski definition) is 6. The molecule has 1 aromatic rings. The van der Waals surface area contributed by atoms with E-state index in [1.54, 1.807) is 6.92 Å². The molecule has 0 amide bonds. The van der Waals surface area contributed by atoms with Gasteiger partial charge in [-0.15, -0.1) is 24.8 Å². The van der Waals surface area contributed by atoms with E-state index < -0.39 is 35.8 Å². The van der Waals surface area contributed by atoms with Crippen LogP contribution in [0, 0.1) is 5.92 Å². The van der Waals surface area contributed by atoms with E-state index in [0.29, 0.717) is 12.2 Å². The van der Waals surface area contributed by atoms with Gasteiger partial charge >= 0.3 is 5.97 Å². The molecule has 0 spiro atoms. The maximum atomic E-state index is 12.0. The zero-order valence-electron chi connectivity index (χ0n) is 15.4. The molecule has 0 radical (unpaired) electrons. The van der Waals surface area contributed by atoms with Crippen molar-refractivity contribution in [3.05, 3.63) is 10.4 Å². The van der Waals surface area contributed by atoms with E-state index in [1.807, 2.05) is 13.8 Å². The average Bonchev–Trinajstić information content (AvgIpc) is 2.52. The normalized spacial score (nSPS) is 18.5. The molecular weight excluding hydrogens is 399 g/mol. The van der Waals surface area contributed by atoms with E-state index >= 15 is 0 Å². The Hall–Kier alpha value is -1.75. The Morgan fingerprint density at radius 2 is 2.00 bits per heavy atom. The number of rotatable bonds is 6. The van der Waals surface area contributed by atoms with E-state index in [2.05, 4.69) is 20.6 Å². The van der Waals surface area contributed by atoms with Crippen molar-refractivity contribution in [1.82, 2.24) is 9.97 Å². The van der Waals surface area contributed by atoms with Crippen molar-refractivity contribution in [3.63, 3.8) is 0 Å². The molecule has 0 saturated heterocycles. The first kappa shape index (κ1) is 25.2. The molecule has 1 aliphatic heterocycles. The maximum Gasteiger partial charge on any atom is 0.323 e. The summed E-state index contributed by atoms with van der Waals surface area (Å²) in [6, 6.07) is -1.29. The number of hydrogen-bond acceptors (Lipinski definition) is 9. The van der Waals surface area contributed by atoms with Crippen LogP contribution in [0.25, 0.3) is 0 Å². The van der Waals surface area contributed by atoms with Crippen molar-refractivity contribution in [1.29, 1.82) is 0 Å². The molecular formula is C15H28Cl2N6O4. The highest BCUT2D eigenvalue weighted by Crippen LogP contribution is 2.22. The summed E-state index contributed by atoms with van der Waals surface area (Å²) < 4.78 is 5.26. The molecule has 2 rings (SSSR count). The van der Waals surface area contributed by atoms with Crippen LogP contribution in [-0.2, 0) is 9.53 Å². The number of aliphatic hydroxyl groups is 1. The first-order valence-corrected chi connectivity index (χ1v) is 8.23. The second-order valence-corrected chi connectivity index (χ2v) is 6.68. The lowest BCUT2D eigenvalue weighted by atomic mass is 10.0. The van der Waals surface area contributed by atoms with Crippen LogP contribution in [0.2, 0.25) is 0 Å².